The van der Waals surface area contributed by atoms with E-state index in [1.165, 1.54) is 6.07 Å². The number of H-pyrrole nitrogens is 1. The largest absolute Gasteiger partial charge is 0.337 e. The van der Waals surface area contributed by atoms with Crippen LogP contribution in [0.1, 0.15) is 29.3 Å². The van der Waals surface area contributed by atoms with Crippen LogP contribution >= 0.6 is 12.2 Å². The summed E-state index contributed by atoms with van der Waals surface area (Å²) in [6, 6.07) is 2.55. The molecule has 1 aliphatic rings. The summed E-state index contributed by atoms with van der Waals surface area (Å²) >= 11 is 5.35. The topological polar surface area (TPSA) is 32.8 Å². The molecule has 0 aliphatic heterocycles. The Balaban J connectivity index is 1.97. The second-order valence-corrected chi connectivity index (χ2v) is 5.79. The van der Waals surface area contributed by atoms with Crippen molar-refractivity contribution < 1.29 is 8.78 Å². The fraction of sp³-hybridized carbons (Fsp3) is 0.400. The third-order valence-corrected chi connectivity index (χ3v) is 4.36. The van der Waals surface area contributed by atoms with Crippen LogP contribution in [0.15, 0.2) is 18.3 Å². The summed E-state index contributed by atoms with van der Waals surface area (Å²) < 4.78 is 29.9. The van der Waals surface area contributed by atoms with Crippen LogP contribution in [0.25, 0.3) is 0 Å². The molecule has 1 unspecified atom stereocenters. The molecule has 0 fully saturated rings. The summed E-state index contributed by atoms with van der Waals surface area (Å²) in [5, 5.41) is 3.11. The smallest absolute Gasteiger partial charge is 0.177 e. The molecule has 2 aromatic rings. The number of halogens is 2. The molecule has 0 saturated heterocycles. The van der Waals surface area contributed by atoms with Gasteiger partial charge in [-0.15, -0.1) is 0 Å². The average Bonchev–Trinajstić information content (AvgIpc) is 2.79. The molecular formula is C15H17F2N3S. The molecule has 1 aromatic carbocycles. The highest BCUT2D eigenvalue weighted by Crippen LogP contribution is 2.32. The van der Waals surface area contributed by atoms with Crippen LogP contribution < -0.4 is 5.32 Å². The van der Waals surface area contributed by atoms with Gasteiger partial charge in [-0.2, -0.15) is 0 Å². The Morgan fingerprint density at radius 1 is 1.43 bits per heavy atom. The number of benzene rings is 1. The van der Waals surface area contributed by atoms with Crippen molar-refractivity contribution >= 4 is 12.2 Å². The van der Waals surface area contributed by atoms with Gasteiger partial charge in [0, 0.05) is 24.8 Å². The van der Waals surface area contributed by atoms with Gasteiger partial charge in [-0.3, -0.25) is 0 Å². The first kappa shape index (κ1) is 14.4. The maximum atomic E-state index is 13.8. The van der Waals surface area contributed by atoms with Crippen LogP contribution in [0.4, 0.5) is 8.78 Å². The Bertz CT molecular complexity index is 720. The molecule has 2 N–H and O–H groups in total. The second kappa shape index (κ2) is 5.69. The van der Waals surface area contributed by atoms with Crippen molar-refractivity contribution in [2.75, 3.05) is 7.05 Å². The van der Waals surface area contributed by atoms with E-state index in [0.717, 1.165) is 23.7 Å². The van der Waals surface area contributed by atoms with Gasteiger partial charge in [-0.05, 0) is 55.7 Å². The van der Waals surface area contributed by atoms with E-state index in [0.29, 0.717) is 29.7 Å². The molecule has 1 aromatic heterocycles. The number of fused-ring (bicyclic) bond motifs is 1. The fourth-order valence-corrected chi connectivity index (χ4v) is 3.46. The number of hydrogen-bond donors (Lipinski definition) is 2. The normalized spacial score (nSPS) is 17.8. The molecule has 1 aliphatic carbocycles. The Morgan fingerprint density at radius 3 is 3.00 bits per heavy atom. The van der Waals surface area contributed by atoms with E-state index in [2.05, 4.69) is 14.9 Å². The summed E-state index contributed by atoms with van der Waals surface area (Å²) in [6.07, 6.45) is 3.91. The number of nitrogens with one attached hydrogen (secondary N) is 2. The Labute approximate surface area is 127 Å². The van der Waals surface area contributed by atoms with Crippen LogP contribution in [-0.4, -0.2) is 16.6 Å². The maximum absolute atomic E-state index is 13.8. The minimum Gasteiger partial charge on any atom is -0.337 e. The van der Waals surface area contributed by atoms with Crippen LogP contribution in [0.2, 0.25) is 0 Å². The quantitative estimate of drug-likeness (QED) is 0.853. The van der Waals surface area contributed by atoms with Gasteiger partial charge in [0.25, 0.3) is 0 Å². The SMILES string of the molecule is CNCc1c[nH]c(=S)n1C1CCc2c(F)cc(F)cc2C1. The number of nitrogens with zero attached hydrogens (tertiary/aromatic N) is 1. The maximum Gasteiger partial charge on any atom is 0.177 e. The van der Waals surface area contributed by atoms with Crippen LogP contribution in [0.3, 0.4) is 0 Å². The highest BCUT2D eigenvalue weighted by molar-refractivity contribution is 7.71. The predicted molar refractivity (Wildman–Crippen MR) is 79.8 cm³/mol. The third-order valence-electron chi connectivity index (χ3n) is 4.05. The summed E-state index contributed by atoms with van der Waals surface area (Å²) in [7, 11) is 1.88. The summed E-state index contributed by atoms with van der Waals surface area (Å²) in [5.41, 5.74) is 2.46. The van der Waals surface area contributed by atoms with Gasteiger partial charge in [0.15, 0.2) is 4.77 Å². The monoisotopic (exact) mass is 309 g/mol. The summed E-state index contributed by atoms with van der Waals surface area (Å²) in [6.45, 7) is 0.702. The van der Waals surface area contributed by atoms with Crippen molar-refractivity contribution in [2.24, 2.45) is 0 Å². The minimum absolute atomic E-state index is 0.140. The van der Waals surface area contributed by atoms with Crippen molar-refractivity contribution in [2.45, 2.75) is 31.8 Å². The van der Waals surface area contributed by atoms with Crippen LogP contribution in [-0.2, 0) is 19.4 Å². The number of aromatic nitrogens is 2. The zero-order chi connectivity index (χ0) is 15.0. The van der Waals surface area contributed by atoms with E-state index in [1.54, 1.807) is 0 Å². The lowest BCUT2D eigenvalue weighted by atomic mass is 9.87. The Hall–Kier alpha value is -1.53. The first-order valence-electron chi connectivity index (χ1n) is 7.00. The highest BCUT2D eigenvalue weighted by atomic mass is 32.1. The van der Waals surface area contributed by atoms with Gasteiger partial charge in [0.1, 0.15) is 11.6 Å². The van der Waals surface area contributed by atoms with Gasteiger partial charge in [-0.25, -0.2) is 8.78 Å². The van der Waals surface area contributed by atoms with Gasteiger partial charge in [0.2, 0.25) is 0 Å². The standard InChI is InChI=1S/C15H17F2N3S/c1-18-7-12-8-19-15(21)20(12)11-2-3-13-9(5-11)4-10(16)6-14(13)17/h4,6,8,11,18H,2-3,5,7H2,1H3,(H,19,21). The zero-order valence-electron chi connectivity index (χ0n) is 11.7. The molecule has 3 rings (SSSR count). The number of aromatic amines is 1. The fourth-order valence-electron chi connectivity index (χ4n) is 3.14. The van der Waals surface area contributed by atoms with E-state index >= 15 is 0 Å². The molecule has 0 spiro atoms. The van der Waals surface area contributed by atoms with Crippen molar-refractivity contribution in [3.8, 4) is 0 Å². The molecule has 1 heterocycles. The first-order valence-corrected chi connectivity index (χ1v) is 7.41. The number of imidazole rings is 1. The van der Waals surface area contributed by atoms with Crippen molar-refractivity contribution in [3.63, 3.8) is 0 Å². The predicted octanol–water partition coefficient (Wildman–Crippen LogP) is 3.27. The molecule has 21 heavy (non-hydrogen) atoms. The van der Waals surface area contributed by atoms with Gasteiger partial charge < -0.3 is 14.9 Å². The number of rotatable bonds is 3. The second-order valence-electron chi connectivity index (χ2n) is 5.41. The molecule has 1 atom stereocenters. The van der Waals surface area contributed by atoms with E-state index in [-0.39, 0.29) is 6.04 Å². The lowest BCUT2D eigenvalue weighted by molar-refractivity contribution is 0.413. The zero-order valence-corrected chi connectivity index (χ0v) is 12.6. The Kier molecular flexibility index (Phi) is 3.91. The van der Waals surface area contributed by atoms with E-state index in [4.69, 9.17) is 12.2 Å². The van der Waals surface area contributed by atoms with E-state index < -0.39 is 11.6 Å². The molecule has 0 bridgehead atoms. The van der Waals surface area contributed by atoms with Crippen molar-refractivity contribution in [1.82, 2.24) is 14.9 Å². The highest BCUT2D eigenvalue weighted by Gasteiger charge is 2.25. The van der Waals surface area contributed by atoms with E-state index in [9.17, 15) is 8.78 Å². The van der Waals surface area contributed by atoms with Gasteiger partial charge in [0.05, 0.1) is 5.69 Å². The molecule has 0 radical (unpaired) electrons. The lowest BCUT2D eigenvalue weighted by Crippen LogP contribution is -2.23. The first-order chi connectivity index (χ1) is 10.1. The number of hydrogen-bond acceptors (Lipinski definition) is 2. The van der Waals surface area contributed by atoms with Gasteiger partial charge >= 0.3 is 0 Å². The summed E-state index contributed by atoms with van der Waals surface area (Å²) in [5.74, 6) is -0.948. The van der Waals surface area contributed by atoms with Crippen LogP contribution in [0.5, 0.6) is 0 Å². The Morgan fingerprint density at radius 2 is 2.24 bits per heavy atom. The summed E-state index contributed by atoms with van der Waals surface area (Å²) in [4.78, 5) is 3.06. The molecule has 0 amide bonds. The van der Waals surface area contributed by atoms with Crippen molar-refractivity contribution in [3.05, 3.63) is 51.6 Å². The third kappa shape index (κ3) is 2.65. The van der Waals surface area contributed by atoms with Gasteiger partial charge in [-0.1, -0.05) is 0 Å². The van der Waals surface area contributed by atoms with Crippen molar-refractivity contribution in [1.29, 1.82) is 0 Å². The molecular weight excluding hydrogens is 292 g/mol. The average molecular weight is 309 g/mol. The molecule has 112 valence electrons. The minimum atomic E-state index is -0.514. The van der Waals surface area contributed by atoms with Crippen LogP contribution in [0, 0.1) is 16.4 Å². The van der Waals surface area contributed by atoms with E-state index in [1.807, 2.05) is 13.2 Å². The molecule has 3 nitrogen and oxygen atoms in total. The lowest BCUT2D eigenvalue weighted by Gasteiger charge is -2.27. The molecule has 0 saturated carbocycles. The molecule has 6 heteroatoms.